The summed E-state index contributed by atoms with van der Waals surface area (Å²) in [6.45, 7) is 2.26. The second-order valence-electron chi connectivity index (χ2n) is 6.15. The molecule has 1 heterocycles. The molecule has 0 fully saturated rings. The summed E-state index contributed by atoms with van der Waals surface area (Å²) < 4.78 is 8.26. The molecule has 1 aromatic heterocycles. The number of ketones is 1. The summed E-state index contributed by atoms with van der Waals surface area (Å²) in [5, 5.41) is 9.03. The first-order valence-corrected chi connectivity index (χ1v) is 10.9. The maximum absolute atomic E-state index is 11.7. The molecule has 0 amide bonds. The summed E-state index contributed by atoms with van der Waals surface area (Å²) in [5.74, 6) is 1.52. The number of aryl methyl sites for hydroxylation is 1. The lowest BCUT2D eigenvalue weighted by atomic mass is 10.0. The molecule has 0 spiro atoms. The number of hydrogen-bond acceptors (Lipinski definition) is 6. The van der Waals surface area contributed by atoms with Crippen LogP contribution in [0.15, 0.2) is 46.8 Å². The molecule has 1 N–H and O–H groups in total. The monoisotopic (exact) mass is 401 g/mol. The third-order valence-electron chi connectivity index (χ3n) is 4.09. The number of aliphatic hydroxyl groups is 1. The number of fused-ring (bicyclic) bond motifs is 1. The Morgan fingerprint density at radius 3 is 2.89 bits per heavy atom. The van der Waals surface area contributed by atoms with Crippen molar-refractivity contribution in [2.75, 3.05) is 19.0 Å². The zero-order valence-corrected chi connectivity index (χ0v) is 16.9. The number of rotatable bonds is 10. The Hall–Kier alpha value is -1.89. The number of benzene rings is 2. The number of thioether (sulfide) groups is 1. The van der Waals surface area contributed by atoms with Gasteiger partial charge in [-0.1, -0.05) is 37.2 Å². The van der Waals surface area contributed by atoms with Crippen LogP contribution in [0.1, 0.15) is 35.7 Å². The van der Waals surface area contributed by atoms with Crippen molar-refractivity contribution in [1.29, 1.82) is 0 Å². The third-order valence-corrected chi connectivity index (χ3v) is 6.36. The van der Waals surface area contributed by atoms with Crippen LogP contribution in [-0.4, -0.2) is 34.8 Å². The van der Waals surface area contributed by atoms with Crippen molar-refractivity contribution in [3.8, 4) is 5.75 Å². The van der Waals surface area contributed by atoms with Gasteiger partial charge in [-0.05, 0) is 48.7 Å². The highest BCUT2D eigenvalue weighted by molar-refractivity contribution is 8.01. The van der Waals surface area contributed by atoms with Gasteiger partial charge in [0.1, 0.15) is 12.4 Å². The molecule has 0 saturated heterocycles. The van der Waals surface area contributed by atoms with E-state index in [1.54, 1.807) is 29.2 Å². The van der Waals surface area contributed by atoms with Crippen molar-refractivity contribution in [3.63, 3.8) is 0 Å². The van der Waals surface area contributed by atoms with Crippen molar-refractivity contribution >= 4 is 39.1 Å². The largest absolute Gasteiger partial charge is 0.493 e. The van der Waals surface area contributed by atoms with Crippen molar-refractivity contribution in [2.24, 2.45) is 0 Å². The highest BCUT2D eigenvalue weighted by Crippen LogP contribution is 2.29. The molecule has 0 atom stereocenters. The standard InChI is InChI=1S/C21H23NO3S2/c1-2-6-16-13-15(18(24)14-23)9-10-19(16)25-11-5-12-26-21-22-17-7-3-4-8-20(17)27-21/h3-4,7-10,13,23H,2,5-6,11-12,14H2,1H3. The molecule has 0 aliphatic heterocycles. The first kappa shape index (κ1) is 19.9. The number of Topliss-reactive ketones (excluding diaryl/α,β-unsaturated/α-hetero) is 1. The molecule has 0 aliphatic carbocycles. The third kappa shape index (κ3) is 5.31. The van der Waals surface area contributed by atoms with Gasteiger partial charge in [0.25, 0.3) is 0 Å². The zero-order chi connectivity index (χ0) is 19.1. The van der Waals surface area contributed by atoms with Crippen molar-refractivity contribution < 1.29 is 14.6 Å². The molecular formula is C21H23NO3S2. The van der Waals surface area contributed by atoms with Crippen LogP contribution >= 0.6 is 23.1 Å². The fourth-order valence-electron chi connectivity index (χ4n) is 2.76. The molecule has 142 valence electrons. The molecule has 3 rings (SSSR count). The molecule has 0 aliphatic rings. The lowest BCUT2D eigenvalue weighted by Crippen LogP contribution is -2.07. The summed E-state index contributed by atoms with van der Waals surface area (Å²) >= 11 is 3.49. The van der Waals surface area contributed by atoms with Crippen LogP contribution in [0.2, 0.25) is 0 Å². The van der Waals surface area contributed by atoms with Crippen molar-refractivity contribution in [2.45, 2.75) is 30.5 Å². The average Bonchev–Trinajstić information content (AvgIpc) is 3.11. The van der Waals surface area contributed by atoms with Gasteiger partial charge in [0.2, 0.25) is 0 Å². The van der Waals surface area contributed by atoms with Crippen LogP contribution < -0.4 is 4.74 Å². The normalized spacial score (nSPS) is 11.0. The van der Waals surface area contributed by atoms with Gasteiger partial charge in [0.05, 0.1) is 16.8 Å². The Morgan fingerprint density at radius 2 is 2.11 bits per heavy atom. The highest BCUT2D eigenvalue weighted by atomic mass is 32.2. The van der Waals surface area contributed by atoms with Crippen molar-refractivity contribution in [3.05, 3.63) is 53.6 Å². The lowest BCUT2D eigenvalue weighted by molar-refractivity contribution is 0.0903. The van der Waals surface area contributed by atoms with Crippen LogP contribution in [0.5, 0.6) is 5.75 Å². The van der Waals surface area contributed by atoms with E-state index in [9.17, 15) is 4.79 Å². The van der Waals surface area contributed by atoms with Gasteiger partial charge in [-0.25, -0.2) is 4.98 Å². The first-order chi connectivity index (χ1) is 13.2. The van der Waals surface area contributed by atoms with Gasteiger partial charge in [-0.15, -0.1) is 11.3 Å². The summed E-state index contributed by atoms with van der Waals surface area (Å²) in [6, 6.07) is 13.6. The second-order valence-corrected chi connectivity index (χ2v) is 8.52. The first-order valence-electron chi connectivity index (χ1n) is 9.09. The smallest absolute Gasteiger partial charge is 0.188 e. The number of carbonyl (C=O) groups is 1. The number of hydrogen-bond donors (Lipinski definition) is 1. The number of carbonyl (C=O) groups excluding carboxylic acids is 1. The van der Waals surface area contributed by atoms with Gasteiger partial charge in [0, 0.05) is 11.3 Å². The van der Waals surface area contributed by atoms with E-state index in [2.05, 4.69) is 18.0 Å². The SMILES string of the molecule is CCCc1cc(C(=O)CO)ccc1OCCCSc1nc2ccccc2s1. The van der Waals surface area contributed by atoms with E-state index in [-0.39, 0.29) is 5.78 Å². The van der Waals surface area contributed by atoms with E-state index in [1.165, 1.54) is 4.70 Å². The summed E-state index contributed by atoms with van der Waals surface area (Å²) in [7, 11) is 0. The number of thiazole rings is 1. The minimum atomic E-state index is -0.464. The minimum absolute atomic E-state index is 0.258. The molecule has 27 heavy (non-hydrogen) atoms. The summed E-state index contributed by atoms with van der Waals surface area (Å²) in [6.07, 6.45) is 2.74. The van der Waals surface area contributed by atoms with Crippen LogP contribution in [-0.2, 0) is 6.42 Å². The number of ether oxygens (including phenoxy) is 1. The average molecular weight is 402 g/mol. The van der Waals surface area contributed by atoms with Crippen LogP contribution in [0.4, 0.5) is 0 Å². The summed E-state index contributed by atoms with van der Waals surface area (Å²) in [4.78, 5) is 16.3. The molecular weight excluding hydrogens is 378 g/mol. The number of aliphatic hydroxyl groups excluding tert-OH is 1. The van der Waals surface area contributed by atoms with Gasteiger partial charge in [-0.2, -0.15) is 0 Å². The Bertz CT molecular complexity index is 874. The lowest BCUT2D eigenvalue weighted by Gasteiger charge is -2.12. The minimum Gasteiger partial charge on any atom is -0.493 e. The van der Waals surface area contributed by atoms with Crippen LogP contribution in [0.3, 0.4) is 0 Å². The number of nitrogens with zero attached hydrogens (tertiary/aromatic N) is 1. The Balaban J connectivity index is 1.51. The molecule has 0 bridgehead atoms. The van der Waals surface area contributed by atoms with E-state index in [1.807, 2.05) is 30.3 Å². The quantitative estimate of drug-likeness (QED) is 0.295. The van der Waals surface area contributed by atoms with E-state index in [0.717, 1.165) is 46.2 Å². The zero-order valence-electron chi connectivity index (χ0n) is 15.3. The number of para-hydroxylation sites is 1. The van der Waals surface area contributed by atoms with Gasteiger partial charge in [-0.3, -0.25) is 4.79 Å². The second kappa shape index (κ2) is 9.88. The molecule has 6 heteroatoms. The van der Waals surface area contributed by atoms with Gasteiger partial charge in [0.15, 0.2) is 10.1 Å². The van der Waals surface area contributed by atoms with E-state index >= 15 is 0 Å². The predicted octanol–water partition coefficient (Wildman–Crippen LogP) is 4.99. The Labute approximate surface area is 167 Å². The molecule has 2 aromatic carbocycles. The Morgan fingerprint density at radius 1 is 1.26 bits per heavy atom. The predicted molar refractivity (Wildman–Crippen MR) is 112 cm³/mol. The van der Waals surface area contributed by atoms with Gasteiger partial charge >= 0.3 is 0 Å². The maximum Gasteiger partial charge on any atom is 0.188 e. The Kier molecular flexibility index (Phi) is 7.26. The van der Waals surface area contributed by atoms with E-state index in [4.69, 9.17) is 9.84 Å². The molecule has 0 saturated carbocycles. The molecule has 3 aromatic rings. The van der Waals surface area contributed by atoms with E-state index < -0.39 is 6.61 Å². The molecule has 4 nitrogen and oxygen atoms in total. The van der Waals surface area contributed by atoms with Crippen LogP contribution in [0, 0.1) is 0 Å². The topological polar surface area (TPSA) is 59.4 Å². The highest BCUT2D eigenvalue weighted by Gasteiger charge is 2.10. The maximum atomic E-state index is 11.7. The number of aromatic nitrogens is 1. The summed E-state index contributed by atoms with van der Waals surface area (Å²) in [5.41, 5.74) is 2.62. The molecule has 0 radical (unpaired) electrons. The fraction of sp³-hybridized carbons (Fsp3) is 0.333. The fourth-order valence-corrected chi connectivity index (χ4v) is 4.81. The van der Waals surface area contributed by atoms with Crippen LogP contribution in [0.25, 0.3) is 10.2 Å². The van der Waals surface area contributed by atoms with Gasteiger partial charge < -0.3 is 9.84 Å². The van der Waals surface area contributed by atoms with Crippen molar-refractivity contribution in [1.82, 2.24) is 4.98 Å². The molecule has 0 unspecified atom stereocenters. The van der Waals surface area contributed by atoms with E-state index in [0.29, 0.717) is 12.2 Å².